The topological polar surface area (TPSA) is 55.8 Å². The number of hydrogen-bond donors (Lipinski definition) is 1. The number of phenolic OH excluding ortho intramolecular Hbond substituents is 1. The van der Waals surface area contributed by atoms with E-state index in [1.807, 2.05) is 19.1 Å². The first-order chi connectivity index (χ1) is 12.5. The zero-order chi connectivity index (χ0) is 18.7. The highest BCUT2D eigenvalue weighted by Gasteiger charge is 2.23. The molecule has 5 heteroatoms. The highest BCUT2D eigenvalue weighted by atomic mass is 79.9. The van der Waals surface area contributed by atoms with Crippen molar-refractivity contribution in [1.29, 1.82) is 0 Å². The molecule has 0 aliphatic carbocycles. The van der Waals surface area contributed by atoms with Crippen LogP contribution in [0.4, 0.5) is 0 Å². The van der Waals surface area contributed by atoms with Crippen molar-refractivity contribution in [1.82, 2.24) is 0 Å². The Hall–Kier alpha value is -2.79. The molecule has 3 aromatic carbocycles. The molecular weight excluding hydrogens is 396 g/mol. The molecule has 4 nitrogen and oxygen atoms in total. The van der Waals surface area contributed by atoms with Crippen molar-refractivity contribution in [3.05, 3.63) is 76.3 Å². The van der Waals surface area contributed by atoms with E-state index < -0.39 is 5.97 Å². The van der Waals surface area contributed by atoms with Crippen molar-refractivity contribution in [3.8, 4) is 28.4 Å². The van der Waals surface area contributed by atoms with E-state index in [2.05, 4.69) is 15.9 Å². The Bertz CT molecular complexity index is 952. The number of carbonyl (C=O) groups excluding carboxylic acids is 1. The lowest BCUT2D eigenvalue weighted by Crippen LogP contribution is -2.11. The van der Waals surface area contributed by atoms with Gasteiger partial charge in [0.2, 0.25) is 0 Å². The number of rotatable bonds is 4. The molecule has 3 aromatic rings. The second kappa shape index (κ2) is 7.62. The average molecular weight is 413 g/mol. The van der Waals surface area contributed by atoms with Crippen LogP contribution in [0.3, 0.4) is 0 Å². The van der Waals surface area contributed by atoms with Gasteiger partial charge in [0.25, 0.3) is 0 Å². The van der Waals surface area contributed by atoms with Gasteiger partial charge in [-0.3, -0.25) is 0 Å². The second-order valence-electron chi connectivity index (χ2n) is 5.67. The lowest BCUT2D eigenvalue weighted by atomic mass is 9.94. The van der Waals surface area contributed by atoms with E-state index in [0.717, 1.165) is 5.56 Å². The average Bonchev–Trinajstić information content (AvgIpc) is 2.64. The van der Waals surface area contributed by atoms with E-state index >= 15 is 0 Å². The summed E-state index contributed by atoms with van der Waals surface area (Å²) in [6.45, 7) is 1.87. The van der Waals surface area contributed by atoms with Crippen LogP contribution < -0.4 is 9.47 Å². The first-order valence-corrected chi connectivity index (χ1v) is 8.75. The Kier molecular flexibility index (Phi) is 5.28. The number of para-hydroxylation sites is 1. The molecule has 132 valence electrons. The van der Waals surface area contributed by atoms with Crippen molar-refractivity contribution >= 4 is 21.9 Å². The van der Waals surface area contributed by atoms with Gasteiger partial charge >= 0.3 is 5.97 Å². The molecule has 0 fully saturated rings. The molecule has 0 spiro atoms. The van der Waals surface area contributed by atoms with E-state index in [0.29, 0.717) is 32.7 Å². The molecule has 0 unspecified atom stereocenters. The summed E-state index contributed by atoms with van der Waals surface area (Å²) in [5.74, 6) is 0.252. The second-order valence-corrected chi connectivity index (χ2v) is 6.53. The third-order valence-electron chi connectivity index (χ3n) is 4.01. The van der Waals surface area contributed by atoms with E-state index in [-0.39, 0.29) is 5.75 Å². The van der Waals surface area contributed by atoms with E-state index in [1.54, 1.807) is 48.5 Å². The summed E-state index contributed by atoms with van der Waals surface area (Å²) >= 11 is 3.46. The number of carbonyl (C=O) groups is 1. The summed E-state index contributed by atoms with van der Waals surface area (Å²) in [7, 11) is 1.48. The van der Waals surface area contributed by atoms with Crippen LogP contribution in [-0.4, -0.2) is 18.2 Å². The monoisotopic (exact) mass is 412 g/mol. The normalized spacial score (nSPS) is 10.4. The molecule has 1 N–H and O–H groups in total. The van der Waals surface area contributed by atoms with Gasteiger partial charge in [0, 0.05) is 15.6 Å². The summed E-state index contributed by atoms with van der Waals surface area (Å²) in [6, 6.07) is 17.6. The number of aryl methyl sites for hydroxylation is 1. The number of aromatic hydroxyl groups is 1. The summed E-state index contributed by atoms with van der Waals surface area (Å²) in [4.78, 5) is 12.8. The van der Waals surface area contributed by atoms with Crippen LogP contribution in [0.15, 0.2) is 65.1 Å². The zero-order valence-corrected chi connectivity index (χ0v) is 15.9. The first kappa shape index (κ1) is 18.0. The van der Waals surface area contributed by atoms with Gasteiger partial charge in [0.1, 0.15) is 5.75 Å². The number of phenols is 1. The Balaban J connectivity index is 2.14. The van der Waals surface area contributed by atoms with Crippen LogP contribution in [-0.2, 0) is 0 Å². The Morgan fingerprint density at radius 2 is 1.69 bits per heavy atom. The number of methoxy groups -OCH3 is 1. The molecular formula is C21H17BrO4. The van der Waals surface area contributed by atoms with E-state index in [4.69, 9.17) is 9.47 Å². The molecule has 3 rings (SSSR count). The molecule has 0 aliphatic heterocycles. The smallest absolute Gasteiger partial charge is 0.344 e. The lowest BCUT2D eigenvalue weighted by molar-refractivity contribution is 0.0735. The molecule has 26 heavy (non-hydrogen) atoms. The van der Waals surface area contributed by atoms with Crippen molar-refractivity contribution in [2.45, 2.75) is 6.92 Å². The third-order valence-corrected chi connectivity index (χ3v) is 4.67. The third kappa shape index (κ3) is 3.44. The van der Waals surface area contributed by atoms with Gasteiger partial charge in [0.05, 0.1) is 12.7 Å². The molecule has 0 saturated carbocycles. The standard InChI is InChI=1S/C21H17BrO4/c1-13-7-6-10-15(21(24)26-14-8-4-3-5-9-14)18(13)19-16(22)11-12-17(25-2)20(19)23/h3-12,23H,1-2H3. The predicted octanol–water partition coefficient (Wildman–Crippen LogP) is 5.36. The van der Waals surface area contributed by atoms with Crippen molar-refractivity contribution in [3.63, 3.8) is 0 Å². The minimum atomic E-state index is -0.496. The van der Waals surface area contributed by atoms with Crippen LogP contribution in [0.1, 0.15) is 15.9 Å². The highest BCUT2D eigenvalue weighted by molar-refractivity contribution is 9.10. The minimum Gasteiger partial charge on any atom is -0.504 e. The Labute approximate surface area is 160 Å². The van der Waals surface area contributed by atoms with Crippen molar-refractivity contribution < 1.29 is 19.4 Å². The summed E-state index contributed by atoms with van der Waals surface area (Å²) < 4.78 is 11.3. The van der Waals surface area contributed by atoms with Gasteiger partial charge in [0.15, 0.2) is 11.5 Å². The number of esters is 1. The van der Waals surface area contributed by atoms with Crippen molar-refractivity contribution in [2.24, 2.45) is 0 Å². The molecule has 0 radical (unpaired) electrons. The SMILES string of the molecule is COc1ccc(Br)c(-c2c(C)cccc2C(=O)Oc2ccccc2)c1O. The highest BCUT2D eigenvalue weighted by Crippen LogP contribution is 2.44. The van der Waals surface area contributed by atoms with Gasteiger partial charge < -0.3 is 14.6 Å². The van der Waals surface area contributed by atoms with Crippen LogP contribution in [0, 0.1) is 6.92 Å². The van der Waals surface area contributed by atoms with Gasteiger partial charge in [-0.15, -0.1) is 0 Å². The first-order valence-electron chi connectivity index (χ1n) is 7.95. The molecule has 0 saturated heterocycles. The number of halogens is 1. The van der Waals surface area contributed by atoms with Crippen LogP contribution >= 0.6 is 15.9 Å². The molecule has 0 aromatic heterocycles. The maximum atomic E-state index is 12.8. The summed E-state index contributed by atoms with van der Waals surface area (Å²) in [5, 5.41) is 10.6. The van der Waals surface area contributed by atoms with Gasteiger partial charge in [-0.25, -0.2) is 4.79 Å². The lowest BCUT2D eigenvalue weighted by Gasteiger charge is -2.16. The molecule has 0 aliphatic rings. The summed E-state index contributed by atoms with van der Waals surface area (Å²) in [5.41, 5.74) is 2.27. The van der Waals surface area contributed by atoms with Crippen LogP contribution in [0.5, 0.6) is 17.2 Å². The fraction of sp³-hybridized carbons (Fsp3) is 0.0952. The van der Waals surface area contributed by atoms with E-state index in [1.165, 1.54) is 7.11 Å². The Morgan fingerprint density at radius 3 is 2.38 bits per heavy atom. The van der Waals surface area contributed by atoms with Gasteiger partial charge in [-0.2, -0.15) is 0 Å². The zero-order valence-electron chi connectivity index (χ0n) is 14.3. The minimum absolute atomic E-state index is 0.0371. The van der Waals surface area contributed by atoms with Crippen molar-refractivity contribution in [2.75, 3.05) is 7.11 Å². The fourth-order valence-corrected chi connectivity index (χ4v) is 3.29. The largest absolute Gasteiger partial charge is 0.504 e. The quantitative estimate of drug-likeness (QED) is 0.462. The number of benzene rings is 3. The van der Waals surface area contributed by atoms with Crippen LogP contribution in [0.25, 0.3) is 11.1 Å². The molecule has 0 atom stereocenters. The molecule has 0 bridgehead atoms. The van der Waals surface area contributed by atoms with Gasteiger partial charge in [-0.1, -0.05) is 46.3 Å². The number of hydrogen-bond acceptors (Lipinski definition) is 4. The van der Waals surface area contributed by atoms with Crippen LogP contribution in [0.2, 0.25) is 0 Å². The van der Waals surface area contributed by atoms with Gasteiger partial charge in [-0.05, 0) is 42.8 Å². The fourth-order valence-electron chi connectivity index (χ4n) is 2.77. The molecule has 0 heterocycles. The van der Waals surface area contributed by atoms with E-state index in [9.17, 15) is 9.90 Å². The maximum Gasteiger partial charge on any atom is 0.344 e. The Morgan fingerprint density at radius 1 is 0.962 bits per heavy atom. The predicted molar refractivity (Wildman–Crippen MR) is 104 cm³/mol. The molecule has 0 amide bonds. The number of ether oxygens (including phenoxy) is 2. The summed E-state index contributed by atoms with van der Waals surface area (Å²) in [6.07, 6.45) is 0. The maximum absolute atomic E-state index is 12.8.